The lowest BCUT2D eigenvalue weighted by Gasteiger charge is -2.30. The van der Waals surface area contributed by atoms with Gasteiger partial charge in [0.2, 0.25) is 11.8 Å². The molecule has 3 aliphatic heterocycles. The second-order valence-electron chi connectivity index (χ2n) is 15.0. The van der Waals surface area contributed by atoms with E-state index >= 15 is 0 Å². The molecule has 0 spiro atoms. The Bertz CT molecular complexity index is 1780. The van der Waals surface area contributed by atoms with Crippen LogP contribution in [0.4, 0.5) is 18.4 Å². The Balaban J connectivity index is 1.24. The highest BCUT2D eigenvalue weighted by Crippen LogP contribution is 2.45. The summed E-state index contributed by atoms with van der Waals surface area (Å²) in [6, 6.07) is 7.58. The number of rotatable bonds is 5. The van der Waals surface area contributed by atoms with Crippen molar-refractivity contribution in [3.05, 3.63) is 77.4 Å². The minimum atomic E-state index is -1.44. The van der Waals surface area contributed by atoms with Gasteiger partial charge in [0.15, 0.2) is 5.75 Å². The smallest absolute Gasteiger partial charge is 0.410 e. The molecule has 1 saturated heterocycles. The summed E-state index contributed by atoms with van der Waals surface area (Å²) in [7, 11) is 0. The number of hydrogen-bond acceptors (Lipinski definition) is 8. The lowest BCUT2D eigenvalue weighted by Crippen LogP contribution is -2.58. The number of hydroxylamine groups is 1. The van der Waals surface area contributed by atoms with Crippen LogP contribution in [0, 0.1) is 17.6 Å². The molecule has 15 heteroatoms. The van der Waals surface area contributed by atoms with Crippen LogP contribution in [0.15, 0.2) is 54.6 Å². The van der Waals surface area contributed by atoms with Crippen molar-refractivity contribution in [2.75, 3.05) is 6.54 Å². The first-order valence-corrected chi connectivity index (χ1v) is 18.0. The van der Waals surface area contributed by atoms with Gasteiger partial charge in [-0.1, -0.05) is 43.2 Å². The van der Waals surface area contributed by atoms with Gasteiger partial charge in [-0.05, 0) is 70.2 Å². The first-order chi connectivity index (χ1) is 25.2. The van der Waals surface area contributed by atoms with Crippen molar-refractivity contribution < 1.29 is 47.1 Å². The molecule has 5 amide bonds. The Kier molecular flexibility index (Phi) is 10.9. The zero-order valence-corrected chi connectivity index (χ0v) is 30.0. The topological polar surface area (TPSA) is 156 Å². The molecule has 3 N–H and O–H groups in total. The van der Waals surface area contributed by atoms with Gasteiger partial charge >= 0.3 is 12.2 Å². The van der Waals surface area contributed by atoms with Gasteiger partial charge in [0, 0.05) is 30.5 Å². The molecular formula is C38H45F2N5O8. The Hall–Kier alpha value is -5.21. The number of hydrogen-bond donors (Lipinski definition) is 3. The van der Waals surface area contributed by atoms with Gasteiger partial charge in [0.25, 0.3) is 5.91 Å². The van der Waals surface area contributed by atoms with Crippen LogP contribution in [0.1, 0.15) is 76.8 Å². The third-order valence-electron chi connectivity index (χ3n) is 9.85. The maximum Gasteiger partial charge on any atom is 0.410 e. The Morgan fingerprint density at radius 1 is 1.02 bits per heavy atom. The summed E-state index contributed by atoms with van der Waals surface area (Å²) >= 11 is 0. The summed E-state index contributed by atoms with van der Waals surface area (Å²) in [4.78, 5) is 76.4. The number of carbonyl (C=O) groups excluding carboxylic acids is 5. The third-order valence-corrected chi connectivity index (χ3v) is 9.85. The maximum absolute atomic E-state index is 14.4. The number of halogens is 2. The van der Waals surface area contributed by atoms with E-state index in [2.05, 4.69) is 16.1 Å². The highest BCUT2D eigenvalue weighted by atomic mass is 19.1. The molecule has 6 rings (SSSR count). The summed E-state index contributed by atoms with van der Waals surface area (Å²) in [5.74, 6) is -3.25. The molecule has 2 aromatic rings. The highest BCUT2D eigenvalue weighted by molar-refractivity contribution is 5.98. The van der Waals surface area contributed by atoms with Crippen molar-refractivity contribution in [1.82, 2.24) is 25.9 Å². The molecule has 0 bridgehead atoms. The van der Waals surface area contributed by atoms with Gasteiger partial charge in [-0.15, -0.1) is 0 Å². The van der Waals surface area contributed by atoms with E-state index in [0.717, 1.165) is 18.9 Å². The molecule has 0 unspecified atom stereocenters. The van der Waals surface area contributed by atoms with Gasteiger partial charge in [-0.25, -0.2) is 18.4 Å². The lowest BCUT2D eigenvalue weighted by atomic mass is 10.0. The minimum Gasteiger partial charge on any atom is -0.444 e. The number of carbonyl (C=O) groups is 5. The fourth-order valence-electron chi connectivity index (χ4n) is 7.07. The van der Waals surface area contributed by atoms with Gasteiger partial charge in [-0.3, -0.25) is 19.3 Å². The summed E-state index contributed by atoms with van der Waals surface area (Å²) in [5, 5.41) is 5.54. The van der Waals surface area contributed by atoms with Crippen molar-refractivity contribution in [3.63, 3.8) is 0 Å². The van der Waals surface area contributed by atoms with Crippen LogP contribution in [0.5, 0.6) is 5.75 Å². The first-order valence-electron chi connectivity index (χ1n) is 18.0. The number of fused-ring (bicyclic) bond motifs is 3. The zero-order chi connectivity index (χ0) is 37.9. The molecule has 2 aromatic carbocycles. The average Bonchev–Trinajstić information content (AvgIpc) is 3.39. The standard InChI is InChI=1S/C38H45F2N5O8/c1-37(2,3)52-35(49)41-30-16-8-6-4-5-7-12-24-19-38(24,34(48)43-53-26-14-10-13-25(39)17-26)42-32(46)31-18-27(21-45(31)33(30)47)51-36(50)44-20-23-11-9-15-29(40)28(23)22-44/h7,9-15,17,24,27,30-31H,4-6,8,16,18-22H2,1-3H3,(H,41,49)(H,42,46)(H,43,48)/b12-7-/t24-,27-,30+,31+,38-/m1/s1. The Labute approximate surface area is 306 Å². The van der Waals surface area contributed by atoms with E-state index in [1.165, 1.54) is 34.1 Å². The number of nitrogens with zero attached hydrogens (tertiary/aromatic N) is 2. The summed E-state index contributed by atoms with van der Waals surface area (Å²) in [6.45, 7) is 5.07. The number of amides is 5. The second kappa shape index (κ2) is 15.4. The maximum atomic E-state index is 14.4. The summed E-state index contributed by atoms with van der Waals surface area (Å²) in [5.41, 5.74) is 1.12. The van der Waals surface area contributed by atoms with Crippen LogP contribution in [0.2, 0.25) is 0 Å². The minimum absolute atomic E-state index is 0.00618. The third kappa shape index (κ3) is 8.88. The van der Waals surface area contributed by atoms with Gasteiger partial charge in [0.05, 0.1) is 13.1 Å². The SMILES string of the molecule is CC(C)(C)OC(=O)N[C@H]1CCCCC/C=C\[C@@H]2C[C@@]2(C(=O)NOc2cccc(F)c2)NC(=O)[C@@H]2C[C@@H](OC(=O)N3Cc4cccc(F)c4C3)CN2C1=O. The predicted molar refractivity (Wildman–Crippen MR) is 186 cm³/mol. The van der Waals surface area contributed by atoms with E-state index in [4.69, 9.17) is 14.3 Å². The molecule has 1 aliphatic carbocycles. The Morgan fingerprint density at radius 2 is 1.81 bits per heavy atom. The second-order valence-corrected chi connectivity index (χ2v) is 15.0. The molecule has 3 heterocycles. The molecule has 284 valence electrons. The number of alkyl carbamates (subject to hydrolysis) is 1. The molecule has 53 heavy (non-hydrogen) atoms. The van der Waals surface area contributed by atoms with Crippen LogP contribution >= 0.6 is 0 Å². The summed E-state index contributed by atoms with van der Waals surface area (Å²) in [6.07, 6.45) is 4.54. The normalized spacial score (nSPS) is 26.4. The average molecular weight is 738 g/mol. The van der Waals surface area contributed by atoms with Crippen molar-refractivity contribution >= 4 is 29.9 Å². The quantitative estimate of drug-likeness (QED) is 0.293. The number of nitrogens with one attached hydrogen (secondary N) is 3. The molecule has 0 radical (unpaired) electrons. The molecular weight excluding hydrogens is 692 g/mol. The molecule has 2 fully saturated rings. The van der Waals surface area contributed by atoms with Crippen LogP contribution in [-0.4, -0.2) is 75.6 Å². The van der Waals surface area contributed by atoms with E-state index in [0.29, 0.717) is 24.0 Å². The lowest BCUT2D eigenvalue weighted by molar-refractivity contribution is -0.142. The monoisotopic (exact) mass is 737 g/mol. The van der Waals surface area contributed by atoms with Crippen molar-refractivity contribution in [2.24, 2.45) is 5.92 Å². The fourth-order valence-corrected chi connectivity index (χ4v) is 7.07. The van der Waals surface area contributed by atoms with Gasteiger partial charge in [0.1, 0.15) is 41.0 Å². The molecule has 4 aliphatic rings. The van der Waals surface area contributed by atoms with Crippen molar-refractivity contribution in [3.8, 4) is 5.75 Å². The fraction of sp³-hybridized carbons (Fsp3) is 0.500. The van der Waals surface area contributed by atoms with Gasteiger partial charge < -0.3 is 29.8 Å². The zero-order valence-electron chi connectivity index (χ0n) is 30.0. The van der Waals surface area contributed by atoms with Crippen LogP contribution in [0.3, 0.4) is 0 Å². The first kappa shape index (κ1) is 37.5. The van der Waals surface area contributed by atoms with Crippen molar-refractivity contribution in [2.45, 2.75) is 108 Å². The van der Waals surface area contributed by atoms with Crippen LogP contribution in [-0.2, 0) is 36.9 Å². The van der Waals surface area contributed by atoms with E-state index in [-0.39, 0.29) is 44.6 Å². The number of allylic oxidation sites excluding steroid dienone is 1. The highest BCUT2D eigenvalue weighted by Gasteiger charge is 2.61. The van der Waals surface area contributed by atoms with E-state index in [1.54, 1.807) is 32.9 Å². The van der Waals surface area contributed by atoms with Crippen LogP contribution < -0.4 is 21.0 Å². The molecule has 5 atom stereocenters. The predicted octanol–water partition coefficient (Wildman–Crippen LogP) is 4.79. The van der Waals surface area contributed by atoms with E-state index in [9.17, 15) is 32.8 Å². The van der Waals surface area contributed by atoms with Crippen molar-refractivity contribution in [1.29, 1.82) is 0 Å². The van der Waals surface area contributed by atoms with E-state index in [1.807, 2.05) is 12.2 Å². The summed E-state index contributed by atoms with van der Waals surface area (Å²) < 4.78 is 39.5. The molecule has 1 saturated carbocycles. The van der Waals surface area contributed by atoms with Gasteiger partial charge in [-0.2, -0.15) is 5.48 Å². The van der Waals surface area contributed by atoms with Crippen LogP contribution in [0.25, 0.3) is 0 Å². The number of benzene rings is 2. The molecule has 13 nitrogen and oxygen atoms in total. The number of ether oxygens (including phenoxy) is 2. The molecule has 0 aromatic heterocycles. The van der Waals surface area contributed by atoms with E-state index < -0.39 is 76.8 Å². The largest absolute Gasteiger partial charge is 0.444 e. The Morgan fingerprint density at radius 3 is 2.57 bits per heavy atom.